The standard InChI is InChI=1S/2C13H31Si3.4CH3.4Pb/c2*1-14(2,3)12-10-11-13(15(4,5)6)16(7,8)9;;;;;;;;/h2*10-11H2,1-9H3;4*1H3;;;;. The van der Waals surface area contributed by atoms with Crippen LogP contribution in [0.2, 0.25) is 141 Å². The van der Waals surface area contributed by atoms with Gasteiger partial charge in [-0.15, -0.1) is 0 Å². The van der Waals surface area contributed by atoms with Crippen molar-refractivity contribution in [3.05, 3.63) is 0 Å². The molecule has 2 saturated heterocycles. The van der Waals surface area contributed by atoms with Crippen molar-refractivity contribution in [2.75, 3.05) is 0 Å². The van der Waals surface area contributed by atoms with Gasteiger partial charge in [-0.05, 0) is 0 Å². The fourth-order valence-corrected chi connectivity index (χ4v) is 826. The minimum absolute atomic E-state index is 0.996. The summed E-state index contributed by atoms with van der Waals surface area (Å²) in [7, 11) is -8.01. The van der Waals surface area contributed by atoms with Gasteiger partial charge in [0, 0.05) is 0 Å². The Morgan fingerprint density at radius 1 is 0.350 bits per heavy atom. The normalized spacial score (nSPS) is 30.6. The maximum atomic E-state index is 3.03. The topological polar surface area (TPSA) is 0 Å². The molecule has 0 unspecified atom stereocenters. The summed E-state index contributed by atoms with van der Waals surface area (Å²) >= 11 is -8.00. The molecule has 10 heteroatoms. The molecule has 40 heavy (non-hydrogen) atoms. The van der Waals surface area contributed by atoms with Crippen molar-refractivity contribution < 1.29 is 0 Å². The summed E-state index contributed by atoms with van der Waals surface area (Å²) in [6.45, 7) is 53.7. The molecule has 0 aliphatic carbocycles. The molecule has 2 atom stereocenters. The second-order valence-corrected chi connectivity index (χ2v) is 160. The first kappa shape index (κ1) is 41.2. The third-order valence-electron chi connectivity index (χ3n) is 13.1. The molecule has 2 heterocycles. The van der Waals surface area contributed by atoms with E-state index in [0.717, 1.165) is 4.75 Å². The van der Waals surface area contributed by atoms with Crippen molar-refractivity contribution in [2.45, 2.75) is 166 Å². The average Bonchev–Trinajstić information content (AvgIpc) is 3.21. The van der Waals surface area contributed by atoms with E-state index in [1.54, 1.807) is 25.7 Å². The Labute approximate surface area is 288 Å². The summed E-state index contributed by atoms with van der Waals surface area (Å²) in [5, 5.41) is 0. The van der Waals surface area contributed by atoms with Crippen LogP contribution in [0.3, 0.4) is 0 Å². The molecule has 0 aromatic carbocycles. The van der Waals surface area contributed by atoms with Crippen LogP contribution in [0.4, 0.5) is 0 Å². The molecule has 0 spiro atoms. The molecule has 2 aliphatic rings. The van der Waals surface area contributed by atoms with Crippen molar-refractivity contribution in [3.8, 4) is 0 Å². The zero-order valence-electron chi connectivity index (χ0n) is 31.8. The molecule has 0 amide bonds. The summed E-state index contributed by atoms with van der Waals surface area (Å²) in [6, 6.07) is 0. The summed E-state index contributed by atoms with van der Waals surface area (Å²) < 4.78 is 16.3. The minimum atomic E-state index is -2.25. The SMILES string of the molecule is [CH3][Pb]([CH3])[C@@]1([Si](C)(C)C)CC[C]([Si](C)(C)C)([Si](C)(C)C)/[Pb]1=[Pb]1\[C]([Si](C)(C)C)([Si](C)(C)C)CC[C@@]1([Pb]([CH3])[CH3])[Si](C)(C)C. The third kappa shape index (κ3) is 5.94. The van der Waals surface area contributed by atoms with Crippen LogP contribution in [0.5, 0.6) is 0 Å². The monoisotopic (exact) mass is 1430 g/mol. The van der Waals surface area contributed by atoms with Gasteiger partial charge in [0.15, 0.2) is 0 Å². The molecule has 0 saturated carbocycles. The van der Waals surface area contributed by atoms with Crippen LogP contribution < -0.4 is 0 Å². The molecule has 2 radical (unpaired) electrons. The van der Waals surface area contributed by atoms with Crippen LogP contribution in [-0.4, -0.2) is 127 Å². The van der Waals surface area contributed by atoms with Crippen molar-refractivity contribution in [1.82, 2.24) is 0 Å². The summed E-state index contributed by atoms with van der Waals surface area (Å²) in [4.78, 5) is 0. The van der Waals surface area contributed by atoms with E-state index < -0.39 is 127 Å². The van der Waals surface area contributed by atoms with Crippen molar-refractivity contribution in [3.63, 3.8) is 0 Å². The quantitative estimate of drug-likeness (QED) is 0.213. The van der Waals surface area contributed by atoms with Gasteiger partial charge in [0.2, 0.25) is 0 Å². The first-order chi connectivity index (χ1) is 17.3. The molecule has 0 nitrogen and oxygen atoms in total. The van der Waals surface area contributed by atoms with E-state index >= 15 is 0 Å². The summed E-state index contributed by atoms with van der Waals surface area (Å²) in [5.74, 6) is 0. The zero-order valence-corrected chi connectivity index (χ0v) is 53.4. The Morgan fingerprint density at radius 3 is 0.675 bits per heavy atom. The van der Waals surface area contributed by atoms with Gasteiger partial charge in [0.1, 0.15) is 0 Å². The maximum absolute atomic E-state index is 3.03. The van der Waals surface area contributed by atoms with E-state index in [9.17, 15) is 0 Å². The summed E-state index contributed by atoms with van der Waals surface area (Å²) in [6.07, 6.45) is 7.15. The predicted octanol–water partition coefficient (Wildman–Crippen LogP) is 11.5. The number of hydrogen-bond acceptors (Lipinski definition) is 0. The van der Waals surface area contributed by atoms with Gasteiger partial charge in [-0.3, -0.25) is 0 Å². The summed E-state index contributed by atoms with van der Waals surface area (Å²) in [5.41, 5.74) is 0. The first-order valence-corrected chi connectivity index (χ1v) is 83.9. The molecule has 0 aromatic heterocycles. The fourth-order valence-electron chi connectivity index (χ4n) is 12.1. The van der Waals surface area contributed by atoms with E-state index in [1.165, 1.54) is 0 Å². The van der Waals surface area contributed by atoms with E-state index in [2.05, 4.69) is 136 Å². The molecule has 234 valence electrons. The van der Waals surface area contributed by atoms with Crippen molar-refractivity contribution >= 4 is 127 Å². The predicted molar refractivity (Wildman–Crippen MR) is 216 cm³/mol. The van der Waals surface area contributed by atoms with Crippen LogP contribution in [0.15, 0.2) is 0 Å². The molecular formula is C30H74Pb4Si6. The molecule has 0 N–H and O–H groups in total. The third-order valence-corrected chi connectivity index (χ3v) is 409. The van der Waals surface area contributed by atoms with E-state index in [0.29, 0.717) is 0 Å². The van der Waals surface area contributed by atoms with Crippen LogP contribution in [-0.2, 0) is 0 Å². The number of hydrogen-bond donors (Lipinski definition) is 0. The second kappa shape index (κ2) is 12.4. The van der Waals surface area contributed by atoms with Gasteiger partial charge in [-0.2, -0.15) is 0 Å². The molecular weight excluding hydrogens is 1360 g/mol. The fraction of sp³-hybridized carbons (Fsp3) is 1.00. The number of rotatable bonds is 8. The van der Waals surface area contributed by atoms with Gasteiger partial charge in [-0.25, -0.2) is 0 Å². The Hall–Kier alpha value is 4.99. The van der Waals surface area contributed by atoms with Crippen LogP contribution in [0.1, 0.15) is 25.7 Å². The van der Waals surface area contributed by atoms with Gasteiger partial charge < -0.3 is 0 Å². The molecule has 0 bridgehead atoms. The second-order valence-electron chi connectivity index (χ2n) is 20.9. The molecule has 0 aromatic rings. The zero-order chi connectivity index (χ0) is 32.1. The molecule has 2 rings (SSSR count). The Morgan fingerprint density at radius 2 is 0.550 bits per heavy atom. The van der Waals surface area contributed by atoms with Crippen molar-refractivity contribution in [1.29, 1.82) is 0 Å². The van der Waals surface area contributed by atoms with E-state index in [-0.39, 0.29) is 0 Å². The van der Waals surface area contributed by atoms with Gasteiger partial charge in [0.05, 0.1) is 0 Å². The van der Waals surface area contributed by atoms with Gasteiger partial charge in [0.25, 0.3) is 0 Å². The van der Waals surface area contributed by atoms with E-state index in [1.807, 2.05) is 0 Å². The first-order valence-electron chi connectivity index (χ1n) is 16.7. The van der Waals surface area contributed by atoms with Crippen molar-refractivity contribution in [2.24, 2.45) is 0 Å². The van der Waals surface area contributed by atoms with Crippen LogP contribution in [0, 0.1) is 0 Å². The molecule has 2 aliphatic heterocycles. The Kier molecular flexibility index (Phi) is 12.8. The van der Waals surface area contributed by atoms with Crippen LogP contribution in [0.25, 0.3) is 0 Å². The Balaban J connectivity index is 3.70. The van der Waals surface area contributed by atoms with Gasteiger partial charge >= 0.3 is 294 Å². The van der Waals surface area contributed by atoms with Crippen LogP contribution >= 0.6 is 0 Å². The molecule has 2 fully saturated rings. The Bertz CT molecular complexity index is 888. The van der Waals surface area contributed by atoms with Gasteiger partial charge in [-0.1, -0.05) is 0 Å². The van der Waals surface area contributed by atoms with E-state index in [4.69, 9.17) is 0 Å². The average molecular weight is 1430 g/mol.